The highest BCUT2D eigenvalue weighted by molar-refractivity contribution is 7.00. The summed E-state index contributed by atoms with van der Waals surface area (Å²) in [7, 11) is 0. The maximum Gasteiger partial charge on any atom is 0.252 e. The Labute approximate surface area is 392 Å². The number of nitrogens with zero attached hydrogens (tertiary/aromatic N) is 3. The van der Waals surface area contributed by atoms with Crippen molar-refractivity contribution in [2.45, 2.75) is 162 Å². The van der Waals surface area contributed by atoms with Crippen LogP contribution in [-0.2, 0) is 27.1 Å². The lowest BCUT2D eigenvalue weighted by Gasteiger charge is -2.53. The Hall–Kier alpha value is -5.22. The van der Waals surface area contributed by atoms with Gasteiger partial charge in [0.05, 0.1) is 5.54 Å². The molecule has 6 aromatic carbocycles. The minimum atomic E-state index is -0.0889. The van der Waals surface area contributed by atoms with Gasteiger partial charge in [-0.15, -0.1) is 0 Å². The van der Waals surface area contributed by atoms with Crippen molar-refractivity contribution in [2.24, 2.45) is 0 Å². The summed E-state index contributed by atoms with van der Waals surface area (Å²) in [6.45, 7) is 35.5. The molecule has 334 valence electrons. The Balaban J connectivity index is 1.29. The van der Waals surface area contributed by atoms with Gasteiger partial charge in [-0.2, -0.15) is 0 Å². The lowest BCUT2D eigenvalue weighted by atomic mass is 9.33. The molecule has 10 rings (SSSR count). The minimum absolute atomic E-state index is 0.0129. The van der Waals surface area contributed by atoms with Crippen molar-refractivity contribution in [3.05, 3.63) is 149 Å². The van der Waals surface area contributed by atoms with Crippen LogP contribution in [0.25, 0.3) is 0 Å². The van der Waals surface area contributed by atoms with E-state index in [1.54, 1.807) is 0 Å². The molecule has 0 aromatic heterocycles. The van der Waals surface area contributed by atoms with E-state index in [2.05, 4.69) is 234 Å². The Morgan fingerprint density at radius 2 is 1.05 bits per heavy atom. The predicted molar refractivity (Wildman–Crippen MR) is 283 cm³/mol. The predicted octanol–water partition coefficient (Wildman–Crippen LogP) is 15.0. The number of hydrogen-bond donors (Lipinski definition) is 0. The van der Waals surface area contributed by atoms with Crippen LogP contribution in [0, 0.1) is 6.92 Å². The summed E-state index contributed by atoms with van der Waals surface area (Å²) < 4.78 is 0. The zero-order valence-electron chi connectivity index (χ0n) is 42.2. The fourth-order valence-electron chi connectivity index (χ4n) is 12.1. The Morgan fingerprint density at radius 1 is 0.508 bits per heavy atom. The van der Waals surface area contributed by atoms with Gasteiger partial charge in [0.2, 0.25) is 0 Å². The summed E-state index contributed by atoms with van der Waals surface area (Å²) in [6.07, 6.45) is 4.82. The SMILES string of the molecule is Cc1cc2c3c(c1)N1c4c(cc(N(c5ccc(C(C)(C)C)cc5)c5ccc(C(C)(C)C)cc5)cc4C4(C)CCCCC14C)B3c1ccc(C(C)(C)C)cc1N2c1cccc(C(C)(C)C)c1. The van der Waals surface area contributed by atoms with E-state index >= 15 is 0 Å². The molecule has 65 heavy (non-hydrogen) atoms. The second kappa shape index (κ2) is 14.4. The molecule has 0 N–H and O–H groups in total. The van der Waals surface area contributed by atoms with Crippen LogP contribution in [0.2, 0.25) is 0 Å². The molecule has 4 aliphatic rings. The highest BCUT2D eigenvalue weighted by Crippen LogP contribution is 2.62. The molecule has 0 bridgehead atoms. The zero-order chi connectivity index (χ0) is 46.4. The monoisotopic (exact) mass is 858 g/mol. The van der Waals surface area contributed by atoms with Crippen LogP contribution in [0.1, 0.15) is 156 Å². The van der Waals surface area contributed by atoms with Crippen molar-refractivity contribution in [1.29, 1.82) is 0 Å². The number of aryl methyl sites for hydroxylation is 1. The first-order valence-corrected chi connectivity index (χ1v) is 24.6. The van der Waals surface area contributed by atoms with E-state index in [0.29, 0.717) is 0 Å². The summed E-state index contributed by atoms with van der Waals surface area (Å²) in [6, 6.07) is 46.0. The summed E-state index contributed by atoms with van der Waals surface area (Å²) in [4.78, 5) is 8.07. The van der Waals surface area contributed by atoms with Gasteiger partial charge in [0.15, 0.2) is 0 Å². The first-order valence-electron chi connectivity index (χ1n) is 24.6. The number of fused-ring (bicyclic) bond motifs is 7. The van der Waals surface area contributed by atoms with E-state index in [1.807, 2.05) is 0 Å². The summed E-state index contributed by atoms with van der Waals surface area (Å²) in [5.41, 5.74) is 22.8. The fourth-order valence-corrected chi connectivity index (χ4v) is 12.1. The van der Waals surface area contributed by atoms with E-state index in [9.17, 15) is 0 Å². The quantitative estimate of drug-likeness (QED) is 0.163. The van der Waals surface area contributed by atoms with Crippen molar-refractivity contribution in [3.8, 4) is 0 Å². The van der Waals surface area contributed by atoms with Gasteiger partial charge >= 0.3 is 0 Å². The maximum absolute atomic E-state index is 2.88. The summed E-state index contributed by atoms with van der Waals surface area (Å²) in [5.74, 6) is 0. The number of rotatable bonds is 4. The smallest absolute Gasteiger partial charge is 0.252 e. The lowest BCUT2D eigenvalue weighted by Crippen LogP contribution is -2.64. The third-order valence-electron chi connectivity index (χ3n) is 16.2. The van der Waals surface area contributed by atoms with Crippen molar-refractivity contribution in [1.82, 2.24) is 0 Å². The molecule has 4 heteroatoms. The summed E-state index contributed by atoms with van der Waals surface area (Å²) >= 11 is 0. The van der Waals surface area contributed by atoms with E-state index in [1.165, 1.54) is 115 Å². The second-order valence-corrected chi connectivity index (χ2v) is 24.8. The molecule has 2 atom stereocenters. The van der Waals surface area contributed by atoms with Gasteiger partial charge in [-0.1, -0.05) is 151 Å². The van der Waals surface area contributed by atoms with Gasteiger partial charge in [-0.3, -0.25) is 0 Å². The first-order chi connectivity index (χ1) is 30.4. The topological polar surface area (TPSA) is 9.72 Å². The molecule has 0 spiro atoms. The van der Waals surface area contributed by atoms with Crippen LogP contribution >= 0.6 is 0 Å². The third-order valence-corrected chi connectivity index (χ3v) is 16.2. The van der Waals surface area contributed by atoms with Crippen molar-refractivity contribution in [2.75, 3.05) is 14.7 Å². The van der Waals surface area contributed by atoms with Gasteiger partial charge in [-0.05, 0) is 165 Å². The molecule has 2 unspecified atom stereocenters. The molecule has 3 heterocycles. The maximum atomic E-state index is 2.88. The van der Waals surface area contributed by atoms with Gasteiger partial charge < -0.3 is 14.7 Å². The van der Waals surface area contributed by atoms with Gasteiger partial charge in [0, 0.05) is 50.9 Å². The normalized spacial score (nSPS) is 20.0. The number of hydrogen-bond acceptors (Lipinski definition) is 3. The summed E-state index contributed by atoms with van der Waals surface area (Å²) in [5, 5.41) is 0. The van der Waals surface area contributed by atoms with E-state index in [-0.39, 0.29) is 39.3 Å². The van der Waals surface area contributed by atoms with Crippen LogP contribution in [0.3, 0.4) is 0 Å². The van der Waals surface area contributed by atoms with Crippen LogP contribution < -0.4 is 31.1 Å². The molecular formula is C61H72BN3. The minimum Gasteiger partial charge on any atom is -0.335 e. The van der Waals surface area contributed by atoms with Crippen LogP contribution in [0.15, 0.2) is 115 Å². The second-order valence-electron chi connectivity index (χ2n) is 24.8. The highest BCUT2D eigenvalue weighted by atomic mass is 15.3. The van der Waals surface area contributed by atoms with E-state index in [4.69, 9.17) is 0 Å². The van der Waals surface area contributed by atoms with E-state index < -0.39 is 0 Å². The molecule has 1 fully saturated rings. The standard InChI is InChI=1S/C61H72BN3/c1-39-33-52-54-53(34-39)65-55-48(60(14)31-16-17-32-61(60,65)15)37-47(63(44-26-21-40(22-27-44)56(2,3)4)45-28-23-41(24-29-45)57(5,6)7)38-50(55)62(54)49-30-25-43(59(11,12)13)36-51(49)64(52)46-20-18-19-42(35-46)58(8,9)10/h18-30,33-38H,16-17,31-32H2,1-15H3. The number of anilines is 8. The molecule has 1 aliphatic carbocycles. The third kappa shape index (κ3) is 6.73. The molecule has 0 radical (unpaired) electrons. The van der Waals surface area contributed by atoms with Gasteiger partial charge in [0.1, 0.15) is 0 Å². The highest BCUT2D eigenvalue weighted by Gasteiger charge is 2.61. The Kier molecular flexibility index (Phi) is 9.67. The average Bonchev–Trinajstić information content (AvgIpc) is 3.44. The molecule has 6 aromatic rings. The Morgan fingerprint density at radius 3 is 1.63 bits per heavy atom. The zero-order valence-corrected chi connectivity index (χ0v) is 42.2. The van der Waals surface area contributed by atoms with Crippen molar-refractivity contribution in [3.63, 3.8) is 0 Å². The molecule has 3 aliphatic heterocycles. The average molecular weight is 858 g/mol. The largest absolute Gasteiger partial charge is 0.335 e. The first kappa shape index (κ1) is 43.7. The van der Waals surface area contributed by atoms with Gasteiger partial charge in [-0.25, -0.2) is 0 Å². The fraction of sp³-hybridized carbons (Fsp3) is 0.410. The molecule has 0 amide bonds. The molecular weight excluding hydrogens is 786 g/mol. The van der Waals surface area contributed by atoms with Gasteiger partial charge in [0.25, 0.3) is 6.71 Å². The van der Waals surface area contributed by atoms with Crippen molar-refractivity contribution >= 4 is 68.6 Å². The van der Waals surface area contributed by atoms with E-state index in [0.717, 1.165) is 6.42 Å². The molecule has 1 saturated carbocycles. The number of benzene rings is 6. The van der Waals surface area contributed by atoms with Crippen LogP contribution in [-0.4, -0.2) is 12.3 Å². The lowest BCUT2D eigenvalue weighted by molar-refractivity contribution is 0.195. The van der Waals surface area contributed by atoms with Crippen LogP contribution in [0.5, 0.6) is 0 Å². The van der Waals surface area contributed by atoms with Crippen LogP contribution in [0.4, 0.5) is 45.5 Å². The molecule has 3 nitrogen and oxygen atoms in total. The molecule has 0 saturated heterocycles. The Bertz CT molecular complexity index is 2800. The van der Waals surface area contributed by atoms with Crippen molar-refractivity contribution < 1.29 is 0 Å².